The van der Waals surface area contributed by atoms with Crippen molar-refractivity contribution in [3.8, 4) is 6.01 Å². The zero-order chi connectivity index (χ0) is 25.8. The zero-order valence-electron chi connectivity index (χ0n) is 20.7. The molecule has 194 valence electrons. The van der Waals surface area contributed by atoms with Gasteiger partial charge >= 0.3 is 12.0 Å². The van der Waals surface area contributed by atoms with Crippen LogP contribution in [0.1, 0.15) is 59.9 Å². The third kappa shape index (κ3) is 5.66. The normalized spacial score (nSPS) is 18.1. The first-order chi connectivity index (χ1) is 18.0. The predicted molar refractivity (Wildman–Crippen MR) is 142 cm³/mol. The van der Waals surface area contributed by atoms with Crippen molar-refractivity contribution in [2.45, 2.75) is 51.2 Å². The molecule has 1 aromatic carbocycles. The summed E-state index contributed by atoms with van der Waals surface area (Å²) in [6, 6.07) is 7.77. The second kappa shape index (κ2) is 11.1. The topological polar surface area (TPSA) is 121 Å². The van der Waals surface area contributed by atoms with Gasteiger partial charge in [0.25, 0.3) is 5.91 Å². The number of nitrogens with one attached hydrogen (secondary N) is 1. The highest BCUT2D eigenvalue weighted by Gasteiger charge is 2.26. The number of anilines is 3. The lowest BCUT2D eigenvalue weighted by molar-refractivity contribution is 0.0698. The van der Waals surface area contributed by atoms with Gasteiger partial charge in [0.15, 0.2) is 5.13 Å². The second-order valence-corrected chi connectivity index (χ2v) is 10.1. The first-order valence-electron chi connectivity index (χ1n) is 12.6. The van der Waals surface area contributed by atoms with E-state index in [-0.39, 0.29) is 23.0 Å². The van der Waals surface area contributed by atoms with Crippen molar-refractivity contribution < 1.29 is 19.4 Å². The average Bonchev–Trinajstić information content (AvgIpc) is 3.60. The van der Waals surface area contributed by atoms with E-state index in [0.29, 0.717) is 12.1 Å². The SMILES string of the molecule is CC[C@H]1CCCN1c1ccc(NC(=O)c2csc(N3CCC(Oc4ncccn4)CC3)n2)c(C(=O)O)c1. The van der Waals surface area contributed by atoms with Gasteiger partial charge in [0, 0.05) is 62.0 Å². The van der Waals surface area contributed by atoms with Gasteiger partial charge in [-0.05, 0) is 43.5 Å². The van der Waals surface area contributed by atoms with Crippen LogP contribution in [0.25, 0.3) is 0 Å². The van der Waals surface area contributed by atoms with Crippen molar-refractivity contribution in [1.29, 1.82) is 0 Å². The highest BCUT2D eigenvalue weighted by atomic mass is 32.1. The standard InChI is InChI=1S/C26H30N6O4S/c1-2-17-5-3-12-32(17)18-6-7-21(20(15-18)24(34)35)29-23(33)22-16-37-26(30-22)31-13-8-19(9-14-31)36-25-27-10-4-11-28-25/h4,6-7,10-11,15-17,19H,2-3,5,8-9,12-14H2,1H3,(H,29,33)(H,34,35)/t17-/m0/s1. The molecule has 0 aliphatic carbocycles. The first kappa shape index (κ1) is 24.9. The molecule has 2 N–H and O–H groups in total. The van der Waals surface area contributed by atoms with E-state index < -0.39 is 11.9 Å². The van der Waals surface area contributed by atoms with Crippen LogP contribution in [0.15, 0.2) is 42.0 Å². The zero-order valence-corrected chi connectivity index (χ0v) is 21.5. The third-order valence-corrected chi connectivity index (χ3v) is 7.81. The van der Waals surface area contributed by atoms with Crippen LogP contribution in [0.2, 0.25) is 0 Å². The van der Waals surface area contributed by atoms with Crippen LogP contribution in [0.3, 0.4) is 0 Å². The second-order valence-electron chi connectivity index (χ2n) is 9.24. The van der Waals surface area contributed by atoms with Gasteiger partial charge in [0.1, 0.15) is 11.8 Å². The number of carbonyl (C=O) groups excluding carboxylic acids is 1. The van der Waals surface area contributed by atoms with Crippen molar-refractivity contribution in [2.24, 2.45) is 0 Å². The Hall–Kier alpha value is -3.73. The van der Waals surface area contributed by atoms with Crippen molar-refractivity contribution in [1.82, 2.24) is 15.0 Å². The van der Waals surface area contributed by atoms with Gasteiger partial charge in [-0.3, -0.25) is 4.79 Å². The molecule has 5 rings (SSSR count). The molecule has 1 amide bonds. The van der Waals surface area contributed by atoms with Gasteiger partial charge in [-0.15, -0.1) is 11.3 Å². The van der Waals surface area contributed by atoms with Crippen LogP contribution < -0.4 is 19.9 Å². The Kier molecular flexibility index (Phi) is 7.50. The molecule has 0 spiro atoms. The molecule has 0 radical (unpaired) electrons. The molecule has 3 aromatic rings. The van der Waals surface area contributed by atoms with Crippen molar-refractivity contribution >= 4 is 39.7 Å². The lowest BCUT2D eigenvalue weighted by atomic mass is 10.1. The summed E-state index contributed by atoms with van der Waals surface area (Å²) in [6.45, 7) is 4.54. The number of carboxylic acid groups (broad SMARTS) is 1. The molecule has 2 aliphatic heterocycles. The molecule has 0 unspecified atom stereocenters. The smallest absolute Gasteiger partial charge is 0.337 e. The molecule has 2 aliphatic rings. The number of carbonyl (C=O) groups is 2. The van der Waals surface area contributed by atoms with E-state index in [1.165, 1.54) is 11.3 Å². The van der Waals surface area contributed by atoms with Gasteiger partial charge in [-0.25, -0.2) is 19.7 Å². The van der Waals surface area contributed by atoms with E-state index in [2.05, 4.69) is 37.0 Å². The van der Waals surface area contributed by atoms with Crippen LogP contribution in [-0.4, -0.2) is 63.7 Å². The van der Waals surface area contributed by atoms with Crippen LogP contribution in [0, 0.1) is 0 Å². The monoisotopic (exact) mass is 522 g/mol. The number of piperidine rings is 1. The number of aromatic nitrogens is 3. The van der Waals surface area contributed by atoms with Crippen LogP contribution in [0.4, 0.5) is 16.5 Å². The molecule has 10 nitrogen and oxygen atoms in total. The number of hydrogen-bond acceptors (Lipinski definition) is 9. The van der Waals surface area contributed by atoms with Crippen molar-refractivity contribution in [3.63, 3.8) is 0 Å². The Bertz CT molecular complexity index is 1240. The predicted octanol–water partition coefficient (Wildman–Crippen LogP) is 4.31. The van der Waals surface area contributed by atoms with Gasteiger partial charge < -0.3 is 25.0 Å². The maximum Gasteiger partial charge on any atom is 0.337 e. The summed E-state index contributed by atoms with van der Waals surface area (Å²) in [4.78, 5) is 42.1. The van der Waals surface area contributed by atoms with Gasteiger partial charge in [-0.2, -0.15) is 0 Å². The minimum Gasteiger partial charge on any atom is -0.478 e. The minimum absolute atomic E-state index is 0.0342. The molecule has 4 heterocycles. The fraction of sp³-hybridized carbons (Fsp3) is 0.423. The molecule has 2 aromatic heterocycles. The summed E-state index contributed by atoms with van der Waals surface area (Å²) < 4.78 is 5.85. The first-order valence-corrected chi connectivity index (χ1v) is 13.5. The number of thiazole rings is 1. The molecule has 2 fully saturated rings. The Morgan fingerprint density at radius 3 is 2.68 bits per heavy atom. The quantitative estimate of drug-likeness (QED) is 0.446. The lowest BCUT2D eigenvalue weighted by Crippen LogP contribution is -2.38. The number of benzene rings is 1. The number of amides is 1. The van der Waals surface area contributed by atoms with Crippen molar-refractivity contribution in [3.05, 3.63) is 53.3 Å². The summed E-state index contributed by atoms with van der Waals surface area (Å²) in [5, 5.41) is 15.0. The fourth-order valence-electron chi connectivity index (χ4n) is 4.96. The molecule has 11 heteroatoms. The lowest BCUT2D eigenvalue weighted by Gasteiger charge is -2.31. The number of ether oxygens (including phenoxy) is 1. The Morgan fingerprint density at radius 1 is 1.16 bits per heavy atom. The molecular formula is C26H30N6O4S. The highest BCUT2D eigenvalue weighted by Crippen LogP contribution is 2.31. The number of nitrogens with zero attached hydrogens (tertiary/aromatic N) is 5. The largest absolute Gasteiger partial charge is 0.478 e. The summed E-state index contributed by atoms with van der Waals surface area (Å²) in [5.74, 6) is -1.50. The molecule has 37 heavy (non-hydrogen) atoms. The van der Waals surface area contributed by atoms with E-state index in [9.17, 15) is 14.7 Å². The van der Waals surface area contributed by atoms with Crippen LogP contribution >= 0.6 is 11.3 Å². The Balaban J connectivity index is 1.22. The van der Waals surface area contributed by atoms with E-state index in [4.69, 9.17) is 4.74 Å². The van der Waals surface area contributed by atoms with E-state index in [1.807, 2.05) is 6.07 Å². The summed E-state index contributed by atoms with van der Waals surface area (Å²) in [5.41, 5.74) is 1.49. The fourth-order valence-corrected chi connectivity index (χ4v) is 5.82. The molecule has 0 saturated carbocycles. The minimum atomic E-state index is -1.07. The van der Waals surface area contributed by atoms with Crippen LogP contribution in [0.5, 0.6) is 6.01 Å². The maximum atomic E-state index is 13.0. The van der Waals surface area contributed by atoms with Gasteiger partial charge in [0.2, 0.25) is 0 Å². The Morgan fingerprint density at radius 2 is 1.95 bits per heavy atom. The van der Waals surface area contributed by atoms with Crippen LogP contribution in [-0.2, 0) is 0 Å². The van der Waals surface area contributed by atoms with E-state index >= 15 is 0 Å². The molecular weight excluding hydrogens is 492 g/mol. The number of carboxylic acids is 1. The average molecular weight is 523 g/mol. The Labute approximate surface area is 219 Å². The van der Waals surface area contributed by atoms with E-state index in [0.717, 1.165) is 62.6 Å². The molecule has 2 saturated heterocycles. The van der Waals surface area contributed by atoms with Gasteiger partial charge in [0.05, 0.1) is 11.3 Å². The molecule has 0 bridgehead atoms. The van der Waals surface area contributed by atoms with Crippen molar-refractivity contribution in [2.75, 3.05) is 34.8 Å². The van der Waals surface area contributed by atoms with Gasteiger partial charge in [-0.1, -0.05) is 6.92 Å². The number of hydrogen-bond donors (Lipinski definition) is 2. The number of rotatable bonds is 8. The maximum absolute atomic E-state index is 13.0. The summed E-state index contributed by atoms with van der Waals surface area (Å²) in [6.07, 6.45) is 8.15. The third-order valence-electron chi connectivity index (χ3n) is 6.91. The number of aromatic carboxylic acids is 1. The summed E-state index contributed by atoms with van der Waals surface area (Å²) >= 11 is 1.40. The van der Waals surface area contributed by atoms with E-state index in [1.54, 1.807) is 36.0 Å². The highest BCUT2D eigenvalue weighted by molar-refractivity contribution is 7.14. The summed E-state index contributed by atoms with van der Waals surface area (Å²) in [7, 11) is 0. The molecule has 1 atom stereocenters.